The molecule has 0 amide bonds. The summed E-state index contributed by atoms with van der Waals surface area (Å²) in [5, 5.41) is 0.250. The molecule has 2 unspecified atom stereocenters. The first-order chi connectivity index (χ1) is 24.7. The minimum absolute atomic E-state index is 0.208. The number of rotatable bonds is 17. The van der Waals surface area contributed by atoms with Crippen molar-refractivity contribution in [2.24, 2.45) is 5.73 Å². The molecular formula is C41H56BrN3O6. The van der Waals surface area contributed by atoms with Crippen LogP contribution in [0.4, 0.5) is 0 Å². The van der Waals surface area contributed by atoms with Crippen LogP contribution in [0.1, 0.15) is 76.0 Å². The number of carbonyl (C=O) groups is 3. The normalized spacial score (nSPS) is 17.6. The van der Waals surface area contributed by atoms with Gasteiger partial charge in [-0.1, -0.05) is 147 Å². The second kappa shape index (κ2) is 23.1. The summed E-state index contributed by atoms with van der Waals surface area (Å²) in [7, 11) is 0. The number of hydrogen-bond acceptors (Lipinski definition) is 9. The van der Waals surface area contributed by atoms with Gasteiger partial charge in [0.1, 0.15) is 37.2 Å². The first kappa shape index (κ1) is 41.8. The van der Waals surface area contributed by atoms with E-state index in [1.54, 1.807) is 0 Å². The summed E-state index contributed by atoms with van der Waals surface area (Å²) in [6, 6.07) is 28.4. The number of benzene rings is 3. The van der Waals surface area contributed by atoms with Crippen molar-refractivity contribution in [1.29, 1.82) is 0 Å². The van der Waals surface area contributed by atoms with Crippen molar-refractivity contribution in [2.75, 3.05) is 31.5 Å². The maximum atomic E-state index is 13.3. The van der Waals surface area contributed by atoms with Crippen LogP contribution < -0.4 is 5.73 Å². The lowest BCUT2D eigenvalue weighted by atomic mass is 9.92. The van der Waals surface area contributed by atoms with Crippen molar-refractivity contribution in [3.8, 4) is 0 Å². The smallest absolute Gasteiger partial charge is 0.323 e. The van der Waals surface area contributed by atoms with Gasteiger partial charge in [0.2, 0.25) is 0 Å². The van der Waals surface area contributed by atoms with Crippen LogP contribution in [0.2, 0.25) is 0 Å². The molecule has 0 aromatic heterocycles. The number of hydrogen-bond donors (Lipinski definition) is 1. The van der Waals surface area contributed by atoms with Gasteiger partial charge in [-0.3, -0.25) is 24.2 Å². The van der Waals surface area contributed by atoms with Crippen molar-refractivity contribution in [3.63, 3.8) is 0 Å². The number of halogens is 1. The van der Waals surface area contributed by atoms with E-state index < -0.39 is 5.54 Å². The van der Waals surface area contributed by atoms with E-state index in [9.17, 15) is 14.4 Å². The molecule has 1 aliphatic heterocycles. The Balaban J connectivity index is 0.000000493. The second-order valence-corrected chi connectivity index (χ2v) is 13.7. The van der Waals surface area contributed by atoms with Crippen LogP contribution in [0.25, 0.3) is 0 Å². The summed E-state index contributed by atoms with van der Waals surface area (Å²) in [6.07, 6.45) is 4.85. The average molecular weight is 767 g/mol. The maximum Gasteiger partial charge on any atom is 0.323 e. The SMILES string of the molecule is CCCC(C(=O)OCc1ccccc1)N1CCN(C(CCC)C(=O)OCc2ccccc2)CC(N)(CCC)C1.O=C(CBr)OCc1ccccc1. The lowest BCUT2D eigenvalue weighted by molar-refractivity contribution is -0.153. The Morgan fingerprint density at radius 3 is 1.35 bits per heavy atom. The fraction of sp³-hybridized carbons (Fsp3) is 0.488. The van der Waals surface area contributed by atoms with Crippen LogP contribution in [0.3, 0.4) is 0 Å². The Morgan fingerprint density at radius 2 is 1.02 bits per heavy atom. The van der Waals surface area contributed by atoms with Crippen LogP contribution in [-0.2, 0) is 48.4 Å². The predicted molar refractivity (Wildman–Crippen MR) is 205 cm³/mol. The van der Waals surface area contributed by atoms with Gasteiger partial charge < -0.3 is 19.9 Å². The molecule has 9 nitrogen and oxygen atoms in total. The van der Waals surface area contributed by atoms with Gasteiger partial charge in [0, 0.05) is 31.7 Å². The number of nitrogens with zero attached hydrogens (tertiary/aromatic N) is 2. The van der Waals surface area contributed by atoms with E-state index in [0.717, 1.165) is 42.4 Å². The molecule has 1 aliphatic rings. The number of alkyl halides is 1. The van der Waals surface area contributed by atoms with Gasteiger partial charge in [0.05, 0.1) is 0 Å². The molecule has 2 atom stereocenters. The molecule has 4 rings (SSSR count). The van der Waals surface area contributed by atoms with Crippen LogP contribution >= 0.6 is 15.9 Å². The molecule has 10 heteroatoms. The molecule has 3 aromatic carbocycles. The minimum Gasteiger partial charge on any atom is -0.460 e. The Kier molecular flexibility index (Phi) is 18.9. The second-order valence-electron chi connectivity index (χ2n) is 13.1. The van der Waals surface area contributed by atoms with E-state index in [1.165, 1.54) is 0 Å². The molecule has 0 saturated carbocycles. The van der Waals surface area contributed by atoms with Crippen molar-refractivity contribution >= 4 is 33.8 Å². The lowest BCUT2D eigenvalue weighted by Crippen LogP contribution is -2.58. The van der Waals surface area contributed by atoms with Gasteiger partial charge in [0.15, 0.2) is 0 Å². The molecule has 1 fully saturated rings. The zero-order valence-electron chi connectivity index (χ0n) is 30.5. The predicted octanol–water partition coefficient (Wildman–Crippen LogP) is 7.05. The standard InChI is InChI=1S/C32H47N3O4.C9H9BrO2/c1-4-13-28(30(36)38-22-26-15-9-7-10-16-26)34-20-21-35(25-32(33,24-34)19-6-3)29(14-5-2)31(37)39-23-27-17-11-8-12-18-27;10-6-9(11)12-7-8-4-2-1-3-5-8/h7-12,15-18,28-29H,4-6,13-14,19-25,33H2,1-3H3;1-5H,6-7H2. The number of esters is 3. The molecule has 0 spiro atoms. The molecule has 278 valence electrons. The van der Waals surface area contributed by atoms with Crippen LogP contribution in [-0.4, -0.2) is 76.8 Å². The molecule has 1 heterocycles. The summed E-state index contributed by atoms with van der Waals surface area (Å²) >= 11 is 3.01. The number of ether oxygens (including phenoxy) is 3. The molecule has 0 aliphatic carbocycles. The summed E-state index contributed by atoms with van der Waals surface area (Å²) < 4.78 is 16.5. The van der Waals surface area contributed by atoms with E-state index in [0.29, 0.717) is 45.6 Å². The summed E-state index contributed by atoms with van der Waals surface area (Å²) in [5.74, 6) is -0.653. The van der Waals surface area contributed by atoms with Crippen LogP contribution in [0, 0.1) is 0 Å². The fourth-order valence-corrected chi connectivity index (χ4v) is 6.50. The Hall–Kier alpha value is -3.57. The third-order valence-electron chi connectivity index (χ3n) is 8.81. The van der Waals surface area contributed by atoms with Crippen molar-refractivity contribution in [3.05, 3.63) is 108 Å². The monoisotopic (exact) mass is 765 g/mol. The Labute approximate surface area is 312 Å². The Morgan fingerprint density at radius 1 is 0.647 bits per heavy atom. The topological polar surface area (TPSA) is 111 Å². The molecular weight excluding hydrogens is 710 g/mol. The van der Waals surface area contributed by atoms with E-state index >= 15 is 0 Å². The highest BCUT2D eigenvalue weighted by atomic mass is 79.9. The van der Waals surface area contributed by atoms with Gasteiger partial charge in [-0.2, -0.15) is 0 Å². The molecule has 0 radical (unpaired) electrons. The lowest BCUT2D eigenvalue weighted by Gasteiger charge is -2.37. The van der Waals surface area contributed by atoms with Crippen molar-refractivity contribution in [1.82, 2.24) is 9.80 Å². The fourth-order valence-electron chi connectivity index (χ4n) is 6.33. The highest BCUT2D eigenvalue weighted by molar-refractivity contribution is 9.09. The summed E-state index contributed by atoms with van der Waals surface area (Å²) in [4.78, 5) is 41.8. The molecule has 0 bridgehead atoms. The van der Waals surface area contributed by atoms with E-state index in [4.69, 9.17) is 19.9 Å². The largest absolute Gasteiger partial charge is 0.460 e. The zero-order valence-corrected chi connectivity index (χ0v) is 32.1. The highest BCUT2D eigenvalue weighted by Crippen LogP contribution is 2.25. The Bertz CT molecular complexity index is 1350. The molecule has 51 heavy (non-hydrogen) atoms. The minimum atomic E-state index is -0.553. The third-order valence-corrected chi connectivity index (χ3v) is 9.27. The van der Waals surface area contributed by atoms with Gasteiger partial charge in [0.25, 0.3) is 0 Å². The van der Waals surface area contributed by atoms with E-state index in [2.05, 4.69) is 46.5 Å². The summed E-state index contributed by atoms with van der Waals surface area (Å²) in [6.45, 7) is 9.62. The third kappa shape index (κ3) is 14.9. The number of nitrogens with two attached hydrogens (primary N) is 1. The van der Waals surface area contributed by atoms with E-state index in [-0.39, 0.29) is 48.5 Å². The first-order valence-electron chi connectivity index (χ1n) is 18.2. The molecule has 2 N–H and O–H groups in total. The van der Waals surface area contributed by atoms with Crippen molar-refractivity contribution < 1.29 is 28.6 Å². The highest BCUT2D eigenvalue weighted by Gasteiger charge is 2.40. The first-order valence-corrected chi connectivity index (χ1v) is 19.3. The van der Waals surface area contributed by atoms with Gasteiger partial charge in [-0.25, -0.2) is 0 Å². The van der Waals surface area contributed by atoms with Crippen LogP contribution in [0.5, 0.6) is 0 Å². The van der Waals surface area contributed by atoms with Gasteiger partial charge >= 0.3 is 17.9 Å². The van der Waals surface area contributed by atoms with E-state index in [1.807, 2.05) is 91.0 Å². The summed E-state index contributed by atoms with van der Waals surface area (Å²) in [5.41, 5.74) is 9.46. The average Bonchev–Trinajstić information content (AvgIpc) is 3.33. The molecule has 3 aromatic rings. The quantitative estimate of drug-likeness (QED) is 0.0878. The van der Waals surface area contributed by atoms with Crippen molar-refractivity contribution in [2.45, 2.75) is 96.7 Å². The molecule has 1 saturated heterocycles. The van der Waals surface area contributed by atoms with Crippen LogP contribution in [0.15, 0.2) is 91.0 Å². The maximum absolute atomic E-state index is 13.3. The zero-order chi connectivity index (χ0) is 36.9. The van der Waals surface area contributed by atoms with Gasteiger partial charge in [-0.15, -0.1) is 0 Å². The number of carbonyl (C=O) groups excluding carboxylic acids is 3. The van der Waals surface area contributed by atoms with Gasteiger partial charge in [-0.05, 0) is 36.0 Å².